The van der Waals surface area contributed by atoms with Crippen LogP contribution in [0.1, 0.15) is 27.2 Å². The van der Waals surface area contributed by atoms with Gasteiger partial charge in [0.05, 0.1) is 12.7 Å². The molecule has 0 aliphatic carbocycles. The summed E-state index contributed by atoms with van der Waals surface area (Å²) in [5, 5.41) is 0. The summed E-state index contributed by atoms with van der Waals surface area (Å²) in [4.78, 5) is 0. The first-order valence-electron chi connectivity index (χ1n) is 6.87. The summed E-state index contributed by atoms with van der Waals surface area (Å²) in [6, 6.07) is 0.918. The molecule has 6 heteroatoms. The number of hydrogen-bond donors (Lipinski definition) is 0. The lowest BCUT2D eigenvalue weighted by molar-refractivity contribution is 0.0712. The van der Waals surface area contributed by atoms with Gasteiger partial charge in [0.15, 0.2) is 0 Å². The predicted molar refractivity (Wildman–Crippen MR) is 77.1 cm³/mol. The molecule has 1 saturated heterocycles. The molecule has 0 aromatic carbocycles. The van der Waals surface area contributed by atoms with Crippen molar-refractivity contribution in [3.05, 3.63) is 0 Å². The van der Waals surface area contributed by atoms with Crippen LogP contribution in [0.5, 0.6) is 0 Å². The molecule has 1 aliphatic rings. The average molecular weight is 294 g/mol. The Labute approximate surface area is 116 Å². The number of thioether (sulfide) groups is 1. The van der Waals surface area contributed by atoms with Crippen molar-refractivity contribution in [2.24, 2.45) is 0 Å². The van der Waals surface area contributed by atoms with Crippen LogP contribution in [0.2, 0.25) is 6.04 Å². The van der Waals surface area contributed by atoms with E-state index in [9.17, 15) is 0 Å². The third-order valence-electron chi connectivity index (χ3n) is 2.57. The van der Waals surface area contributed by atoms with E-state index in [-0.39, 0.29) is 0 Å². The van der Waals surface area contributed by atoms with E-state index in [2.05, 4.69) is 0 Å². The van der Waals surface area contributed by atoms with Gasteiger partial charge in [-0.2, -0.15) is 11.8 Å². The molecule has 18 heavy (non-hydrogen) atoms. The Morgan fingerprint density at radius 3 is 2.11 bits per heavy atom. The van der Waals surface area contributed by atoms with Crippen LogP contribution in [0.15, 0.2) is 0 Å². The van der Waals surface area contributed by atoms with Gasteiger partial charge in [0.25, 0.3) is 0 Å². The molecule has 1 unspecified atom stereocenters. The molecule has 1 fully saturated rings. The van der Waals surface area contributed by atoms with E-state index in [0.29, 0.717) is 25.9 Å². The van der Waals surface area contributed by atoms with Crippen molar-refractivity contribution in [3.63, 3.8) is 0 Å². The Morgan fingerprint density at radius 1 is 1.11 bits per heavy atom. The summed E-state index contributed by atoms with van der Waals surface area (Å²) >= 11 is 1.95. The van der Waals surface area contributed by atoms with Gasteiger partial charge in [-0.15, -0.1) is 0 Å². The quantitative estimate of drug-likeness (QED) is 0.314. The monoisotopic (exact) mass is 294 g/mol. The van der Waals surface area contributed by atoms with Crippen molar-refractivity contribution in [2.75, 3.05) is 37.9 Å². The van der Waals surface area contributed by atoms with Gasteiger partial charge in [-0.3, -0.25) is 0 Å². The van der Waals surface area contributed by atoms with E-state index in [0.717, 1.165) is 30.6 Å². The lowest BCUT2D eigenvalue weighted by Crippen LogP contribution is -2.46. The Hall–Kier alpha value is 0.407. The standard InChI is InChI=1S/C12H26O4SSi/c1-4-14-18(15-5-2,16-6-3)9-7-8-17-11-12-10-13-12/h12H,4-11H2,1-3H3. The minimum Gasteiger partial charge on any atom is -0.374 e. The van der Waals surface area contributed by atoms with Gasteiger partial charge in [0.2, 0.25) is 0 Å². The predicted octanol–water partition coefficient (Wildman–Crippen LogP) is 2.56. The third kappa shape index (κ3) is 6.54. The zero-order chi connectivity index (χ0) is 13.3. The van der Waals surface area contributed by atoms with Crippen LogP contribution in [-0.4, -0.2) is 52.8 Å². The fourth-order valence-electron chi connectivity index (χ4n) is 1.77. The molecule has 0 aromatic rings. The third-order valence-corrected chi connectivity index (χ3v) is 6.91. The summed E-state index contributed by atoms with van der Waals surface area (Å²) in [5.74, 6) is 2.24. The molecule has 108 valence electrons. The van der Waals surface area contributed by atoms with Gasteiger partial charge < -0.3 is 18.0 Å². The molecule has 0 N–H and O–H groups in total. The van der Waals surface area contributed by atoms with Crippen molar-refractivity contribution in [1.29, 1.82) is 0 Å². The van der Waals surface area contributed by atoms with Crippen molar-refractivity contribution in [2.45, 2.75) is 39.3 Å². The first-order chi connectivity index (χ1) is 8.76. The highest BCUT2D eigenvalue weighted by atomic mass is 32.2. The van der Waals surface area contributed by atoms with Crippen molar-refractivity contribution >= 4 is 20.6 Å². The normalized spacial score (nSPS) is 19.2. The summed E-state index contributed by atoms with van der Waals surface area (Å²) < 4.78 is 22.6. The molecular weight excluding hydrogens is 268 g/mol. The number of epoxide rings is 1. The summed E-state index contributed by atoms with van der Waals surface area (Å²) in [5.41, 5.74) is 0. The molecule has 1 aliphatic heterocycles. The molecule has 0 radical (unpaired) electrons. The Kier molecular flexibility index (Phi) is 8.53. The molecule has 1 heterocycles. The van der Waals surface area contributed by atoms with Gasteiger partial charge >= 0.3 is 8.80 Å². The first-order valence-corrected chi connectivity index (χ1v) is 9.96. The SMILES string of the molecule is CCO[Si](CCCSCC1CO1)(OCC)OCC. The second-order valence-corrected chi connectivity index (χ2v) is 8.00. The Bertz CT molecular complexity index is 197. The number of hydrogen-bond acceptors (Lipinski definition) is 5. The second-order valence-electron chi connectivity index (χ2n) is 4.12. The smallest absolute Gasteiger partial charge is 0.374 e. The van der Waals surface area contributed by atoms with Crippen molar-refractivity contribution in [3.8, 4) is 0 Å². The highest BCUT2D eigenvalue weighted by Gasteiger charge is 2.39. The molecule has 0 aromatic heterocycles. The van der Waals surface area contributed by atoms with E-state index in [4.69, 9.17) is 18.0 Å². The minimum atomic E-state index is -2.40. The Balaban J connectivity index is 2.22. The van der Waals surface area contributed by atoms with Crippen LogP contribution in [0.4, 0.5) is 0 Å². The van der Waals surface area contributed by atoms with Crippen LogP contribution >= 0.6 is 11.8 Å². The van der Waals surface area contributed by atoms with Crippen molar-refractivity contribution < 1.29 is 18.0 Å². The summed E-state index contributed by atoms with van der Waals surface area (Å²) in [7, 11) is -2.40. The van der Waals surface area contributed by atoms with E-state index < -0.39 is 8.80 Å². The molecule has 0 saturated carbocycles. The number of rotatable bonds is 12. The first kappa shape index (κ1) is 16.5. The maximum Gasteiger partial charge on any atom is 0.500 e. The largest absolute Gasteiger partial charge is 0.500 e. The zero-order valence-electron chi connectivity index (χ0n) is 11.8. The van der Waals surface area contributed by atoms with E-state index in [1.54, 1.807) is 0 Å². The lowest BCUT2D eigenvalue weighted by Gasteiger charge is -2.28. The zero-order valence-corrected chi connectivity index (χ0v) is 13.6. The summed E-state index contributed by atoms with van der Waals surface area (Å²) in [6.45, 7) is 8.93. The fraction of sp³-hybridized carbons (Fsp3) is 1.00. The van der Waals surface area contributed by atoms with Crippen molar-refractivity contribution in [1.82, 2.24) is 0 Å². The molecule has 1 rings (SSSR count). The van der Waals surface area contributed by atoms with Crippen LogP contribution in [0, 0.1) is 0 Å². The van der Waals surface area contributed by atoms with Crippen LogP contribution < -0.4 is 0 Å². The molecule has 1 atom stereocenters. The molecule has 0 amide bonds. The maximum atomic E-state index is 5.81. The van der Waals surface area contributed by atoms with E-state index in [1.807, 2.05) is 32.5 Å². The van der Waals surface area contributed by atoms with Crippen LogP contribution in [0.3, 0.4) is 0 Å². The highest BCUT2D eigenvalue weighted by Crippen LogP contribution is 2.22. The Morgan fingerprint density at radius 2 is 1.67 bits per heavy atom. The van der Waals surface area contributed by atoms with Crippen LogP contribution in [-0.2, 0) is 18.0 Å². The molecular formula is C12H26O4SSi. The molecule has 0 bridgehead atoms. The maximum absolute atomic E-state index is 5.81. The van der Waals surface area contributed by atoms with Gasteiger partial charge in [-0.05, 0) is 32.9 Å². The van der Waals surface area contributed by atoms with Gasteiger partial charge in [-0.1, -0.05) is 0 Å². The van der Waals surface area contributed by atoms with Gasteiger partial charge in [0, 0.05) is 31.6 Å². The van der Waals surface area contributed by atoms with E-state index >= 15 is 0 Å². The second kappa shape index (κ2) is 9.33. The highest BCUT2D eigenvalue weighted by molar-refractivity contribution is 7.99. The number of ether oxygens (including phenoxy) is 1. The molecule has 0 spiro atoms. The minimum absolute atomic E-state index is 0.516. The van der Waals surface area contributed by atoms with Gasteiger partial charge in [0.1, 0.15) is 0 Å². The van der Waals surface area contributed by atoms with Crippen LogP contribution in [0.25, 0.3) is 0 Å². The fourth-order valence-corrected chi connectivity index (χ4v) is 5.61. The topological polar surface area (TPSA) is 40.2 Å². The average Bonchev–Trinajstić information content (AvgIpc) is 3.14. The lowest BCUT2D eigenvalue weighted by atomic mass is 10.6. The van der Waals surface area contributed by atoms with Gasteiger partial charge in [-0.25, -0.2) is 0 Å². The van der Waals surface area contributed by atoms with E-state index in [1.165, 1.54) is 0 Å². The molecule has 4 nitrogen and oxygen atoms in total. The summed E-state index contributed by atoms with van der Waals surface area (Å²) in [6.07, 6.45) is 1.60.